The SMILES string of the molecule is CCOc1ccccc1Sc1cccc2ccccc12. The van der Waals surface area contributed by atoms with Crippen LogP contribution in [0.3, 0.4) is 0 Å². The summed E-state index contributed by atoms with van der Waals surface area (Å²) in [6, 6.07) is 23.1. The largest absolute Gasteiger partial charge is 0.493 e. The summed E-state index contributed by atoms with van der Waals surface area (Å²) >= 11 is 1.76. The molecule has 0 N–H and O–H groups in total. The van der Waals surface area contributed by atoms with Crippen molar-refractivity contribution in [2.45, 2.75) is 16.7 Å². The molecule has 1 nitrogen and oxygen atoms in total. The number of para-hydroxylation sites is 1. The van der Waals surface area contributed by atoms with Crippen LogP contribution in [-0.4, -0.2) is 6.61 Å². The highest BCUT2D eigenvalue weighted by Gasteiger charge is 2.07. The summed E-state index contributed by atoms with van der Waals surface area (Å²) in [5.41, 5.74) is 0. The molecule has 3 aromatic rings. The van der Waals surface area contributed by atoms with Gasteiger partial charge in [-0.3, -0.25) is 0 Å². The maximum Gasteiger partial charge on any atom is 0.133 e. The lowest BCUT2D eigenvalue weighted by Crippen LogP contribution is -1.92. The lowest BCUT2D eigenvalue weighted by Gasteiger charge is -2.11. The Morgan fingerprint density at radius 3 is 2.40 bits per heavy atom. The van der Waals surface area contributed by atoms with E-state index in [0.717, 1.165) is 10.6 Å². The number of ether oxygens (including phenoxy) is 1. The molecule has 0 saturated heterocycles. The molecule has 0 amide bonds. The van der Waals surface area contributed by atoms with Crippen LogP contribution in [0.15, 0.2) is 76.5 Å². The molecule has 0 aliphatic carbocycles. The summed E-state index contributed by atoms with van der Waals surface area (Å²) in [7, 11) is 0. The van der Waals surface area contributed by atoms with Crippen LogP contribution in [0.25, 0.3) is 10.8 Å². The van der Waals surface area contributed by atoms with E-state index in [1.54, 1.807) is 11.8 Å². The van der Waals surface area contributed by atoms with Crippen molar-refractivity contribution in [2.75, 3.05) is 6.61 Å². The van der Waals surface area contributed by atoms with Gasteiger partial charge in [0.25, 0.3) is 0 Å². The summed E-state index contributed by atoms with van der Waals surface area (Å²) in [6.45, 7) is 2.70. The first-order valence-corrected chi connectivity index (χ1v) is 7.57. The van der Waals surface area contributed by atoms with E-state index in [1.165, 1.54) is 15.7 Å². The molecule has 100 valence electrons. The van der Waals surface area contributed by atoms with Crippen molar-refractivity contribution in [3.05, 3.63) is 66.7 Å². The first-order chi connectivity index (χ1) is 9.88. The van der Waals surface area contributed by atoms with Gasteiger partial charge < -0.3 is 4.74 Å². The number of hydrogen-bond donors (Lipinski definition) is 0. The fourth-order valence-corrected chi connectivity index (χ4v) is 3.27. The van der Waals surface area contributed by atoms with Crippen LogP contribution < -0.4 is 4.74 Å². The van der Waals surface area contributed by atoms with Gasteiger partial charge in [0.05, 0.1) is 11.5 Å². The average molecular weight is 280 g/mol. The normalized spacial score (nSPS) is 10.7. The number of rotatable bonds is 4. The van der Waals surface area contributed by atoms with Crippen LogP contribution in [0.4, 0.5) is 0 Å². The standard InChI is InChI=1S/C18H16OS/c1-2-19-16-11-5-6-12-18(16)20-17-13-7-9-14-8-3-4-10-15(14)17/h3-13H,2H2,1H3. The fraction of sp³-hybridized carbons (Fsp3) is 0.111. The molecular formula is C18H16OS. The monoisotopic (exact) mass is 280 g/mol. The zero-order valence-corrected chi connectivity index (χ0v) is 12.2. The second kappa shape index (κ2) is 6.02. The summed E-state index contributed by atoms with van der Waals surface area (Å²) in [5, 5.41) is 2.55. The van der Waals surface area contributed by atoms with Gasteiger partial charge in [0.2, 0.25) is 0 Å². The third kappa shape index (κ3) is 2.66. The lowest BCUT2D eigenvalue weighted by atomic mass is 10.1. The average Bonchev–Trinajstić information content (AvgIpc) is 2.50. The van der Waals surface area contributed by atoms with Crippen molar-refractivity contribution in [3.63, 3.8) is 0 Å². The highest BCUT2D eigenvalue weighted by atomic mass is 32.2. The van der Waals surface area contributed by atoms with Crippen molar-refractivity contribution >= 4 is 22.5 Å². The molecule has 2 heteroatoms. The molecular weight excluding hydrogens is 264 g/mol. The van der Waals surface area contributed by atoms with Gasteiger partial charge in [-0.25, -0.2) is 0 Å². The van der Waals surface area contributed by atoms with Crippen LogP contribution in [-0.2, 0) is 0 Å². The van der Waals surface area contributed by atoms with Crippen molar-refractivity contribution < 1.29 is 4.74 Å². The summed E-state index contributed by atoms with van der Waals surface area (Å²) < 4.78 is 5.70. The molecule has 0 unspecified atom stereocenters. The first kappa shape index (κ1) is 13.1. The fourth-order valence-electron chi connectivity index (χ4n) is 2.21. The quantitative estimate of drug-likeness (QED) is 0.633. The van der Waals surface area contributed by atoms with E-state index in [0.29, 0.717) is 6.61 Å². The van der Waals surface area contributed by atoms with E-state index in [-0.39, 0.29) is 0 Å². The van der Waals surface area contributed by atoms with Crippen molar-refractivity contribution in [2.24, 2.45) is 0 Å². The van der Waals surface area contributed by atoms with Crippen LogP contribution in [0.5, 0.6) is 5.75 Å². The Hall–Kier alpha value is -1.93. The Bertz CT molecular complexity index is 716. The Morgan fingerprint density at radius 1 is 0.800 bits per heavy atom. The van der Waals surface area contributed by atoms with Crippen LogP contribution in [0.2, 0.25) is 0 Å². The van der Waals surface area contributed by atoms with Crippen LogP contribution >= 0.6 is 11.8 Å². The van der Waals surface area contributed by atoms with E-state index in [1.807, 2.05) is 19.1 Å². The summed E-state index contributed by atoms with van der Waals surface area (Å²) in [6.07, 6.45) is 0. The number of benzene rings is 3. The molecule has 0 aliphatic rings. The molecule has 0 bridgehead atoms. The van der Waals surface area contributed by atoms with Gasteiger partial charge in [-0.1, -0.05) is 60.3 Å². The van der Waals surface area contributed by atoms with Crippen molar-refractivity contribution in [1.82, 2.24) is 0 Å². The Labute approximate surface area is 123 Å². The predicted molar refractivity (Wildman–Crippen MR) is 85.7 cm³/mol. The van der Waals surface area contributed by atoms with Crippen LogP contribution in [0.1, 0.15) is 6.92 Å². The molecule has 0 fully saturated rings. The van der Waals surface area contributed by atoms with Gasteiger partial charge >= 0.3 is 0 Å². The third-order valence-corrected chi connectivity index (χ3v) is 4.25. The van der Waals surface area contributed by atoms with Gasteiger partial charge in [0, 0.05) is 4.90 Å². The number of hydrogen-bond acceptors (Lipinski definition) is 2. The van der Waals surface area contributed by atoms with Gasteiger partial charge in [0.1, 0.15) is 5.75 Å². The Morgan fingerprint density at radius 2 is 1.50 bits per heavy atom. The number of fused-ring (bicyclic) bond motifs is 1. The Balaban J connectivity index is 2.01. The highest BCUT2D eigenvalue weighted by Crippen LogP contribution is 2.38. The first-order valence-electron chi connectivity index (χ1n) is 6.76. The predicted octanol–water partition coefficient (Wildman–Crippen LogP) is 5.39. The van der Waals surface area contributed by atoms with Crippen molar-refractivity contribution in [1.29, 1.82) is 0 Å². The molecule has 3 rings (SSSR count). The van der Waals surface area contributed by atoms with Gasteiger partial charge in [-0.2, -0.15) is 0 Å². The minimum Gasteiger partial charge on any atom is -0.493 e. The molecule has 0 aliphatic heterocycles. The summed E-state index contributed by atoms with van der Waals surface area (Å²) in [5.74, 6) is 0.952. The van der Waals surface area contributed by atoms with Gasteiger partial charge in [0.15, 0.2) is 0 Å². The van der Waals surface area contributed by atoms with E-state index in [2.05, 4.69) is 54.6 Å². The molecule has 3 aromatic carbocycles. The maximum absolute atomic E-state index is 5.70. The smallest absolute Gasteiger partial charge is 0.133 e. The molecule has 0 spiro atoms. The molecule has 0 aromatic heterocycles. The lowest BCUT2D eigenvalue weighted by molar-refractivity contribution is 0.332. The van der Waals surface area contributed by atoms with E-state index in [9.17, 15) is 0 Å². The van der Waals surface area contributed by atoms with E-state index < -0.39 is 0 Å². The minimum atomic E-state index is 0.688. The van der Waals surface area contributed by atoms with Crippen molar-refractivity contribution in [3.8, 4) is 5.75 Å². The summed E-state index contributed by atoms with van der Waals surface area (Å²) in [4.78, 5) is 2.42. The topological polar surface area (TPSA) is 9.23 Å². The molecule has 20 heavy (non-hydrogen) atoms. The second-order valence-electron chi connectivity index (χ2n) is 4.46. The van der Waals surface area contributed by atoms with Gasteiger partial charge in [-0.15, -0.1) is 0 Å². The molecule has 0 radical (unpaired) electrons. The van der Waals surface area contributed by atoms with E-state index >= 15 is 0 Å². The molecule has 0 atom stereocenters. The Kier molecular flexibility index (Phi) is 3.93. The van der Waals surface area contributed by atoms with Gasteiger partial charge in [-0.05, 0) is 35.9 Å². The zero-order valence-electron chi connectivity index (χ0n) is 11.4. The highest BCUT2D eigenvalue weighted by molar-refractivity contribution is 7.99. The second-order valence-corrected chi connectivity index (χ2v) is 5.54. The third-order valence-electron chi connectivity index (χ3n) is 3.12. The molecule has 0 heterocycles. The molecule has 0 saturated carbocycles. The maximum atomic E-state index is 5.70. The van der Waals surface area contributed by atoms with Crippen LogP contribution in [0, 0.1) is 0 Å². The minimum absolute atomic E-state index is 0.688. The zero-order chi connectivity index (χ0) is 13.8. The van der Waals surface area contributed by atoms with E-state index in [4.69, 9.17) is 4.74 Å².